The first-order valence-corrected chi connectivity index (χ1v) is 8.48. The molecule has 1 atom stereocenters. The highest BCUT2D eigenvalue weighted by Gasteiger charge is 2.21. The molecule has 1 N–H and O–H groups in total. The molecule has 0 aliphatic carbocycles. The summed E-state index contributed by atoms with van der Waals surface area (Å²) >= 11 is 1.53. The first-order chi connectivity index (χ1) is 10.8. The van der Waals surface area contributed by atoms with Gasteiger partial charge in [-0.1, -0.05) is 43.6 Å². The van der Waals surface area contributed by atoms with Gasteiger partial charge in [-0.25, -0.2) is 0 Å². The second-order valence-corrected chi connectivity index (χ2v) is 7.97. The maximum atomic E-state index is 12.2. The van der Waals surface area contributed by atoms with Crippen LogP contribution in [0.5, 0.6) is 0 Å². The van der Waals surface area contributed by atoms with Crippen LogP contribution in [0.4, 0.5) is 0 Å². The summed E-state index contributed by atoms with van der Waals surface area (Å²) in [7, 11) is 0. The Morgan fingerprint density at radius 3 is 2.52 bits per heavy atom. The molecule has 1 aromatic carbocycles. The number of benzene rings is 1. The SMILES string of the molecule is Cc1ccc(SC(C)C(=O)NCc2nc(C(C)(C)C)no2)cc1. The fourth-order valence-electron chi connectivity index (χ4n) is 1.81. The van der Waals surface area contributed by atoms with Gasteiger partial charge in [0.2, 0.25) is 11.8 Å². The highest BCUT2D eigenvalue weighted by atomic mass is 32.2. The van der Waals surface area contributed by atoms with Crippen molar-refractivity contribution in [2.75, 3.05) is 0 Å². The molecule has 0 radical (unpaired) electrons. The summed E-state index contributed by atoms with van der Waals surface area (Å²) in [5, 5.41) is 6.59. The second kappa shape index (κ2) is 7.17. The van der Waals surface area contributed by atoms with Crippen LogP contribution in [0, 0.1) is 6.92 Å². The minimum atomic E-state index is -0.192. The molecule has 0 spiro atoms. The first-order valence-electron chi connectivity index (χ1n) is 7.60. The van der Waals surface area contributed by atoms with Crippen LogP contribution in [0.3, 0.4) is 0 Å². The van der Waals surface area contributed by atoms with E-state index in [-0.39, 0.29) is 23.1 Å². The average Bonchev–Trinajstić information content (AvgIpc) is 2.96. The summed E-state index contributed by atoms with van der Waals surface area (Å²) in [6, 6.07) is 8.13. The third-order valence-corrected chi connectivity index (χ3v) is 4.37. The molecule has 5 nitrogen and oxygen atoms in total. The third kappa shape index (κ3) is 5.10. The fraction of sp³-hybridized carbons (Fsp3) is 0.471. The van der Waals surface area contributed by atoms with E-state index in [9.17, 15) is 4.79 Å². The van der Waals surface area contributed by atoms with Gasteiger partial charge in [0.05, 0.1) is 11.8 Å². The number of hydrogen-bond acceptors (Lipinski definition) is 5. The lowest BCUT2D eigenvalue weighted by molar-refractivity contribution is -0.120. The molecule has 1 amide bonds. The van der Waals surface area contributed by atoms with Crippen molar-refractivity contribution in [2.24, 2.45) is 0 Å². The number of hydrogen-bond donors (Lipinski definition) is 1. The van der Waals surface area contributed by atoms with E-state index in [1.54, 1.807) is 0 Å². The van der Waals surface area contributed by atoms with E-state index in [4.69, 9.17) is 4.52 Å². The average molecular weight is 333 g/mol. The van der Waals surface area contributed by atoms with Gasteiger partial charge in [-0.2, -0.15) is 4.98 Å². The smallest absolute Gasteiger partial charge is 0.246 e. The Kier molecular flexibility index (Phi) is 5.46. The zero-order valence-corrected chi connectivity index (χ0v) is 15.0. The van der Waals surface area contributed by atoms with E-state index in [1.807, 2.05) is 58.9 Å². The molecule has 0 aliphatic rings. The molecule has 1 aromatic heterocycles. The Hall–Kier alpha value is -1.82. The quantitative estimate of drug-likeness (QED) is 0.849. The molecule has 0 bridgehead atoms. The van der Waals surface area contributed by atoms with Crippen molar-refractivity contribution in [3.05, 3.63) is 41.5 Å². The van der Waals surface area contributed by atoms with Gasteiger partial charge in [0, 0.05) is 10.3 Å². The molecule has 2 rings (SSSR count). The van der Waals surface area contributed by atoms with Gasteiger partial charge in [0.15, 0.2) is 5.82 Å². The fourth-order valence-corrected chi connectivity index (χ4v) is 2.70. The number of rotatable bonds is 5. The maximum Gasteiger partial charge on any atom is 0.246 e. The number of aromatic nitrogens is 2. The predicted octanol–water partition coefficient (Wildman–Crippen LogP) is 3.47. The summed E-state index contributed by atoms with van der Waals surface area (Å²) in [5.74, 6) is 1.02. The van der Waals surface area contributed by atoms with Crippen LogP contribution in [0.1, 0.15) is 45.0 Å². The first kappa shape index (κ1) is 17.5. The zero-order valence-electron chi connectivity index (χ0n) is 14.2. The van der Waals surface area contributed by atoms with E-state index >= 15 is 0 Å². The van der Waals surface area contributed by atoms with Crippen LogP contribution in [-0.4, -0.2) is 21.3 Å². The van der Waals surface area contributed by atoms with Gasteiger partial charge in [-0.15, -0.1) is 11.8 Å². The minimum absolute atomic E-state index is 0.0499. The molecule has 23 heavy (non-hydrogen) atoms. The van der Waals surface area contributed by atoms with Crippen molar-refractivity contribution in [3.8, 4) is 0 Å². The molecule has 0 saturated carbocycles. The number of aryl methyl sites for hydroxylation is 1. The number of thioether (sulfide) groups is 1. The van der Waals surface area contributed by atoms with E-state index in [0.29, 0.717) is 11.7 Å². The van der Waals surface area contributed by atoms with Crippen LogP contribution in [0.15, 0.2) is 33.7 Å². The molecule has 1 unspecified atom stereocenters. The topological polar surface area (TPSA) is 68.0 Å². The van der Waals surface area contributed by atoms with Crippen molar-refractivity contribution in [2.45, 2.75) is 56.7 Å². The molecular weight excluding hydrogens is 310 g/mol. The number of nitrogens with zero attached hydrogens (tertiary/aromatic N) is 2. The Morgan fingerprint density at radius 1 is 1.30 bits per heavy atom. The van der Waals surface area contributed by atoms with Crippen LogP contribution in [-0.2, 0) is 16.8 Å². The van der Waals surface area contributed by atoms with Gasteiger partial charge in [-0.3, -0.25) is 4.79 Å². The second-order valence-electron chi connectivity index (χ2n) is 6.55. The highest BCUT2D eigenvalue weighted by molar-refractivity contribution is 8.00. The number of carbonyl (C=O) groups is 1. The van der Waals surface area contributed by atoms with E-state index in [1.165, 1.54) is 17.3 Å². The van der Waals surface area contributed by atoms with Crippen LogP contribution in [0.25, 0.3) is 0 Å². The van der Waals surface area contributed by atoms with Crippen molar-refractivity contribution in [1.82, 2.24) is 15.5 Å². The molecule has 124 valence electrons. The van der Waals surface area contributed by atoms with Gasteiger partial charge in [0.25, 0.3) is 0 Å². The Labute approximate surface area is 141 Å². The number of amides is 1. The molecule has 1 heterocycles. The molecule has 2 aromatic rings. The maximum absolute atomic E-state index is 12.2. The monoisotopic (exact) mass is 333 g/mol. The summed E-state index contributed by atoms with van der Waals surface area (Å²) in [6.07, 6.45) is 0. The Balaban J connectivity index is 1.86. The zero-order chi connectivity index (χ0) is 17.0. The van der Waals surface area contributed by atoms with Gasteiger partial charge in [0.1, 0.15) is 0 Å². The molecule has 0 aliphatic heterocycles. The molecule has 0 fully saturated rings. The van der Waals surface area contributed by atoms with E-state index in [2.05, 4.69) is 15.5 Å². The largest absolute Gasteiger partial charge is 0.346 e. The van der Waals surface area contributed by atoms with Crippen molar-refractivity contribution in [3.63, 3.8) is 0 Å². The number of nitrogens with one attached hydrogen (secondary N) is 1. The molecular formula is C17H23N3O2S. The predicted molar refractivity (Wildman–Crippen MR) is 91.3 cm³/mol. The summed E-state index contributed by atoms with van der Waals surface area (Å²) in [4.78, 5) is 17.6. The van der Waals surface area contributed by atoms with Crippen molar-refractivity contribution < 1.29 is 9.32 Å². The van der Waals surface area contributed by atoms with Gasteiger partial charge < -0.3 is 9.84 Å². The summed E-state index contributed by atoms with van der Waals surface area (Å²) < 4.78 is 5.17. The lowest BCUT2D eigenvalue weighted by atomic mass is 9.96. The third-order valence-electron chi connectivity index (χ3n) is 3.26. The van der Waals surface area contributed by atoms with Crippen LogP contribution in [0.2, 0.25) is 0 Å². The molecule has 0 saturated heterocycles. The van der Waals surface area contributed by atoms with E-state index < -0.39 is 0 Å². The lowest BCUT2D eigenvalue weighted by Crippen LogP contribution is -2.30. The van der Waals surface area contributed by atoms with Crippen LogP contribution < -0.4 is 5.32 Å². The molecule has 6 heteroatoms. The lowest BCUT2D eigenvalue weighted by Gasteiger charge is -2.11. The van der Waals surface area contributed by atoms with Crippen molar-refractivity contribution in [1.29, 1.82) is 0 Å². The summed E-state index contributed by atoms with van der Waals surface area (Å²) in [6.45, 7) is 10.2. The highest BCUT2D eigenvalue weighted by Crippen LogP contribution is 2.23. The Bertz CT molecular complexity index is 659. The van der Waals surface area contributed by atoms with Crippen LogP contribution >= 0.6 is 11.8 Å². The summed E-state index contributed by atoms with van der Waals surface area (Å²) in [5.41, 5.74) is 1.04. The van der Waals surface area contributed by atoms with Gasteiger partial charge >= 0.3 is 0 Å². The number of carbonyl (C=O) groups excluding carboxylic acids is 1. The van der Waals surface area contributed by atoms with E-state index in [0.717, 1.165) is 4.90 Å². The Morgan fingerprint density at radius 2 is 1.96 bits per heavy atom. The minimum Gasteiger partial charge on any atom is -0.346 e. The van der Waals surface area contributed by atoms with Gasteiger partial charge in [-0.05, 0) is 26.0 Å². The van der Waals surface area contributed by atoms with Crippen molar-refractivity contribution >= 4 is 17.7 Å². The normalized spacial score (nSPS) is 12.9. The standard InChI is InChI=1S/C17H23N3O2S/c1-11-6-8-13(9-7-11)23-12(2)15(21)18-10-14-19-16(20-22-14)17(3,4)5/h6-9,12H,10H2,1-5H3,(H,18,21).